The predicted octanol–water partition coefficient (Wildman–Crippen LogP) is 1.23. The van der Waals surface area contributed by atoms with Crippen molar-refractivity contribution in [1.82, 2.24) is 4.90 Å². The highest BCUT2D eigenvalue weighted by molar-refractivity contribution is 5.79. The van der Waals surface area contributed by atoms with Crippen molar-refractivity contribution in [3.63, 3.8) is 0 Å². The van der Waals surface area contributed by atoms with Crippen LogP contribution in [0.1, 0.15) is 26.7 Å². The number of alkyl halides is 2. The molecule has 1 fully saturated rings. The Morgan fingerprint density at radius 3 is 2.33 bits per heavy atom. The Hall–Kier alpha value is -0.710. The van der Waals surface area contributed by atoms with E-state index < -0.39 is 13.0 Å². The maximum atomic E-state index is 12.3. The Balaban J connectivity index is 2.58. The van der Waals surface area contributed by atoms with Crippen molar-refractivity contribution in [3.05, 3.63) is 0 Å². The van der Waals surface area contributed by atoms with Crippen molar-refractivity contribution in [3.8, 4) is 0 Å². The van der Waals surface area contributed by atoms with Crippen LogP contribution in [0, 0.1) is 5.92 Å². The van der Waals surface area contributed by atoms with Crippen LogP contribution in [-0.4, -0.2) is 35.9 Å². The largest absolute Gasteiger partial charge is 0.334 e. The van der Waals surface area contributed by atoms with Gasteiger partial charge in [0.2, 0.25) is 5.91 Å². The molecule has 1 aliphatic carbocycles. The molecule has 0 aliphatic heterocycles. The summed E-state index contributed by atoms with van der Waals surface area (Å²) in [5.74, 6) is -0.628. The first-order valence-electron chi connectivity index (χ1n) is 5.27. The highest BCUT2D eigenvalue weighted by Gasteiger charge is 2.36. The fourth-order valence-corrected chi connectivity index (χ4v) is 1.44. The zero-order chi connectivity index (χ0) is 11.6. The van der Waals surface area contributed by atoms with Crippen LogP contribution >= 0.6 is 0 Å². The number of rotatable bonds is 5. The Morgan fingerprint density at radius 2 is 2.00 bits per heavy atom. The molecule has 88 valence electrons. The summed E-state index contributed by atoms with van der Waals surface area (Å²) in [4.78, 5) is 13.1. The number of nitrogens with two attached hydrogens (primary N) is 1. The van der Waals surface area contributed by atoms with E-state index in [2.05, 4.69) is 0 Å². The van der Waals surface area contributed by atoms with Crippen molar-refractivity contribution in [2.75, 3.05) is 6.54 Å². The van der Waals surface area contributed by atoms with E-state index >= 15 is 0 Å². The van der Waals surface area contributed by atoms with Crippen LogP contribution in [0.15, 0.2) is 0 Å². The smallest absolute Gasteiger partial charge is 0.255 e. The lowest BCUT2D eigenvalue weighted by molar-refractivity contribution is -0.138. The third-order valence-electron chi connectivity index (χ3n) is 2.78. The van der Waals surface area contributed by atoms with Gasteiger partial charge in [0.1, 0.15) is 0 Å². The fraction of sp³-hybridized carbons (Fsp3) is 0.900. The second-order valence-corrected chi connectivity index (χ2v) is 4.26. The molecule has 0 aromatic carbocycles. The van der Waals surface area contributed by atoms with Crippen molar-refractivity contribution < 1.29 is 13.6 Å². The van der Waals surface area contributed by atoms with Crippen LogP contribution in [0.2, 0.25) is 0 Å². The van der Waals surface area contributed by atoms with Crippen LogP contribution in [-0.2, 0) is 4.79 Å². The predicted molar refractivity (Wildman–Crippen MR) is 53.6 cm³/mol. The Kier molecular flexibility index (Phi) is 4.02. The third kappa shape index (κ3) is 3.41. The summed E-state index contributed by atoms with van der Waals surface area (Å²) in [6, 6.07) is -0.274. The molecule has 0 saturated heterocycles. The first kappa shape index (κ1) is 12.4. The molecule has 0 bridgehead atoms. The fourth-order valence-electron chi connectivity index (χ4n) is 1.44. The molecule has 0 aromatic rings. The van der Waals surface area contributed by atoms with Gasteiger partial charge < -0.3 is 10.6 Å². The molecule has 2 atom stereocenters. The van der Waals surface area contributed by atoms with Gasteiger partial charge in [-0.15, -0.1) is 0 Å². The summed E-state index contributed by atoms with van der Waals surface area (Å²) in [6.07, 6.45) is -0.788. The monoisotopic (exact) mass is 220 g/mol. The normalized spacial score (nSPS) is 20.1. The summed E-state index contributed by atoms with van der Waals surface area (Å²) in [5, 5.41) is 0. The van der Waals surface area contributed by atoms with Gasteiger partial charge in [-0.05, 0) is 19.8 Å². The number of halogens is 2. The van der Waals surface area contributed by atoms with Crippen LogP contribution in [0.25, 0.3) is 0 Å². The van der Waals surface area contributed by atoms with Crippen LogP contribution in [0.5, 0.6) is 0 Å². The number of carbonyl (C=O) groups is 1. The van der Waals surface area contributed by atoms with Gasteiger partial charge in [0.15, 0.2) is 0 Å². The minimum atomic E-state index is -2.46. The first-order valence-corrected chi connectivity index (χ1v) is 5.27. The SMILES string of the molecule is CC(N)C(C)C(=O)N(CC(F)F)C1CC1. The van der Waals surface area contributed by atoms with E-state index in [1.54, 1.807) is 13.8 Å². The molecule has 15 heavy (non-hydrogen) atoms. The van der Waals surface area contributed by atoms with E-state index in [9.17, 15) is 13.6 Å². The highest BCUT2D eigenvalue weighted by Crippen LogP contribution is 2.29. The number of hydrogen-bond acceptors (Lipinski definition) is 2. The van der Waals surface area contributed by atoms with Gasteiger partial charge in [-0.25, -0.2) is 8.78 Å². The number of nitrogens with zero attached hydrogens (tertiary/aromatic N) is 1. The number of carbonyl (C=O) groups excluding carboxylic acids is 1. The highest BCUT2D eigenvalue weighted by atomic mass is 19.3. The van der Waals surface area contributed by atoms with E-state index in [0.29, 0.717) is 0 Å². The van der Waals surface area contributed by atoms with E-state index in [1.165, 1.54) is 4.90 Å². The van der Waals surface area contributed by atoms with E-state index in [4.69, 9.17) is 5.73 Å². The van der Waals surface area contributed by atoms with Crippen molar-refractivity contribution >= 4 is 5.91 Å². The second-order valence-electron chi connectivity index (χ2n) is 4.26. The van der Waals surface area contributed by atoms with Gasteiger partial charge in [0, 0.05) is 12.1 Å². The molecule has 2 N–H and O–H groups in total. The van der Waals surface area contributed by atoms with E-state index in [-0.39, 0.29) is 23.9 Å². The lowest BCUT2D eigenvalue weighted by atomic mass is 10.0. The second kappa shape index (κ2) is 4.88. The Bertz CT molecular complexity index is 229. The maximum absolute atomic E-state index is 12.3. The van der Waals surface area contributed by atoms with Gasteiger partial charge in [0.05, 0.1) is 12.5 Å². The van der Waals surface area contributed by atoms with Gasteiger partial charge in [0.25, 0.3) is 6.43 Å². The summed E-state index contributed by atoms with van der Waals surface area (Å²) in [6.45, 7) is 2.95. The molecule has 1 saturated carbocycles. The van der Waals surface area contributed by atoms with Crippen LogP contribution in [0.4, 0.5) is 8.78 Å². The third-order valence-corrected chi connectivity index (χ3v) is 2.78. The molecule has 1 amide bonds. The lowest BCUT2D eigenvalue weighted by Gasteiger charge is -2.26. The molecule has 0 aromatic heterocycles. The lowest BCUT2D eigenvalue weighted by Crippen LogP contribution is -2.44. The first-order chi connectivity index (χ1) is 6.93. The summed E-state index contributed by atoms with van der Waals surface area (Å²) in [5.41, 5.74) is 5.59. The standard InChI is InChI=1S/C10H18F2N2O/c1-6(7(2)13)10(15)14(5-9(11)12)8-3-4-8/h6-9H,3-5,13H2,1-2H3. The van der Waals surface area contributed by atoms with Gasteiger partial charge in [-0.1, -0.05) is 6.92 Å². The summed E-state index contributed by atoms with van der Waals surface area (Å²) < 4.78 is 24.5. The molecule has 2 unspecified atom stereocenters. The molecular weight excluding hydrogens is 202 g/mol. The average Bonchev–Trinajstić information content (AvgIpc) is 2.94. The molecule has 5 heteroatoms. The minimum Gasteiger partial charge on any atom is -0.334 e. The molecule has 1 rings (SSSR count). The number of amides is 1. The minimum absolute atomic E-state index is 0.0210. The quantitative estimate of drug-likeness (QED) is 0.757. The average molecular weight is 220 g/mol. The molecular formula is C10H18F2N2O. The molecule has 3 nitrogen and oxygen atoms in total. The maximum Gasteiger partial charge on any atom is 0.255 e. The zero-order valence-electron chi connectivity index (χ0n) is 9.12. The van der Waals surface area contributed by atoms with E-state index in [1.807, 2.05) is 0 Å². The zero-order valence-corrected chi connectivity index (χ0v) is 9.12. The van der Waals surface area contributed by atoms with E-state index in [0.717, 1.165) is 12.8 Å². The Morgan fingerprint density at radius 1 is 1.47 bits per heavy atom. The van der Waals surface area contributed by atoms with Crippen molar-refractivity contribution in [2.24, 2.45) is 11.7 Å². The Labute approximate surface area is 88.6 Å². The van der Waals surface area contributed by atoms with Crippen molar-refractivity contribution in [1.29, 1.82) is 0 Å². The number of hydrogen-bond donors (Lipinski definition) is 1. The summed E-state index contributed by atoms with van der Waals surface area (Å²) >= 11 is 0. The topological polar surface area (TPSA) is 46.3 Å². The van der Waals surface area contributed by atoms with Crippen molar-refractivity contribution in [2.45, 2.75) is 45.2 Å². The summed E-state index contributed by atoms with van der Waals surface area (Å²) in [7, 11) is 0. The van der Waals surface area contributed by atoms with Gasteiger partial charge in [-0.2, -0.15) is 0 Å². The van der Waals surface area contributed by atoms with Gasteiger partial charge in [-0.3, -0.25) is 4.79 Å². The molecule has 0 radical (unpaired) electrons. The molecule has 1 aliphatic rings. The van der Waals surface area contributed by atoms with Crippen LogP contribution in [0.3, 0.4) is 0 Å². The van der Waals surface area contributed by atoms with Crippen LogP contribution < -0.4 is 5.73 Å². The molecule has 0 spiro atoms. The molecule has 0 heterocycles. The van der Waals surface area contributed by atoms with Gasteiger partial charge >= 0.3 is 0 Å².